The lowest BCUT2D eigenvalue weighted by molar-refractivity contribution is 0.274. The Labute approximate surface area is 96.0 Å². The summed E-state index contributed by atoms with van der Waals surface area (Å²) >= 11 is 0. The summed E-state index contributed by atoms with van der Waals surface area (Å²) in [6.45, 7) is 8.06. The molecule has 0 amide bonds. The second-order valence-electron chi connectivity index (χ2n) is 5.58. The smallest absolute Gasteiger partial charge is 0.00104 e. The molecule has 0 aliphatic heterocycles. The van der Waals surface area contributed by atoms with Gasteiger partial charge in [0.05, 0.1) is 0 Å². The van der Waals surface area contributed by atoms with Crippen LogP contribution in [0, 0.1) is 11.8 Å². The molecule has 0 saturated heterocycles. The summed E-state index contributed by atoms with van der Waals surface area (Å²) in [5.74, 6) is 1.95. The van der Waals surface area contributed by atoms with Crippen LogP contribution in [0.25, 0.3) is 0 Å². The average Bonchev–Trinajstić information content (AvgIpc) is 2.25. The minimum atomic E-state index is 0.644. The summed E-state index contributed by atoms with van der Waals surface area (Å²) in [5, 5.41) is 3.59. The van der Waals surface area contributed by atoms with Gasteiger partial charge in [0.1, 0.15) is 0 Å². The Morgan fingerprint density at radius 1 is 1.13 bits per heavy atom. The summed E-state index contributed by atoms with van der Waals surface area (Å²) in [4.78, 5) is 0. The van der Waals surface area contributed by atoms with Crippen LogP contribution in [0.2, 0.25) is 0 Å². The molecular weight excluding hydrogens is 182 g/mol. The topological polar surface area (TPSA) is 12.0 Å². The number of nitrogens with one attached hydrogen (secondary N) is 1. The molecule has 0 spiro atoms. The van der Waals surface area contributed by atoms with E-state index in [1.165, 1.54) is 51.5 Å². The van der Waals surface area contributed by atoms with E-state index in [1.807, 2.05) is 0 Å². The standard InChI is InChI=1S/C14H29N/c1-4-13(11-15-12(2)3)10-14-8-6-5-7-9-14/h12-15H,4-11H2,1-3H3. The largest absolute Gasteiger partial charge is 0.314 e. The minimum Gasteiger partial charge on any atom is -0.314 e. The summed E-state index contributed by atoms with van der Waals surface area (Å²) in [5.41, 5.74) is 0. The molecule has 1 fully saturated rings. The molecule has 1 aliphatic carbocycles. The van der Waals surface area contributed by atoms with Crippen molar-refractivity contribution in [3.05, 3.63) is 0 Å². The zero-order chi connectivity index (χ0) is 11.1. The predicted octanol–water partition coefficient (Wildman–Crippen LogP) is 3.98. The third-order valence-electron chi connectivity index (χ3n) is 3.78. The van der Waals surface area contributed by atoms with Crippen molar-refractivity contribution >= 4 is 0 Å². The van der Waals surface area contributed by atoms with Gasteiger partial charge in [0.2, 0.25) is 0 Å². The fourth-order valence-electron chi connectivity index (χ4n) is 2.69. The first-order valence-electron chi connectivity index (χ1n) is 6.95. The average molecular weight is 211 g/mol. The highest BCUT2D eigenvalue weighted by Crippen LogP contribution is 2.29. The van der Waals surface area contributed by atoms with E-state index in [1.54, 1.807) is 0 Å². The normalized spacial score (nSPS) is 20.8. The van der Waals surface area contributed by atoms with E-state index in [0.29, 0.717) is 6.04 Å². The Kier molecular flexibility index (Phi) is 6.31. The highest BCUT2D eigenvalue weighted by molar-refractivity contribution is 4.71. The first-order chi connectivity index (χ1) is 7.22. The molecule has 1 N–H and O–H groups in total. The first-order valence-corrected chi connectivity index (χ1v) is 6.95. The van der Waals surface area contributed by atoms with Gasteiger partial charge in [-0.3, -0.25) is 0 Å². The highest BCUT2D eigenvalue weighted by Gasteiger charge is 2.17. The Bertz CT molecular complexity index is 147. The molecule has 0 aromatic heterocycles. The molecule has 0 bridgehead atoms. The molecule has 1 saturated carbocycles. The maximum Gasteiger partial charge on any atom is 0.00104 e. The van der Waals surface area contributed by atoms with Crippen molar-refractivity contribution in [3.63, 3.8) is 0 Å². The van der Waals surface area contributed by atoms with Crippen molar-refractivity contribution in [2.45, 2.75) is 71.8 Å². The van der Waals surface area contributed by atoms with Crippen LogP contribution in [0.3, 0.4) is 0 Å². The van der Waals surface area contributed by atoms with Gasteiger partial charge in [0, 0.05) is 6.04 Å². The SMILES string of the molecule is CCC(CNC(C)C)CC1CCCCC1. The van der Waals surface area contributed by atoms with Crippen LogP contribution in [0.15, 0.2) is 0 Å². The van der Waals surface area contributed by atoms with Crippen LogP contribution in [0.1, 0.15) is 65.7 Å². The fourth-order valence-corrected chi connectivity index (χ4v) is 2.69. The van der Waals surface area contributed by atoms with Crippen LogP contribution in [0.4, 0.5) is 0 Å². The molecule has 15 heavy (non-hydrogen) atoms. The van der Waals surface area contributed by atoms with Gasteiger partial charge in [-0.1, -0.05) is 59.3 Å². The lowest BCUT2D eigenvalue weighted by Gasteiger charge is -2.26. The lowest BCUT2D eigenvalue weighted by atomic mass is 9.82. The van der Waals surface area contributed by atoms with Gasteiger partial charge in [0.25, 0.3) is 0 Å². The van der Waals surface area contributed by atoms with E-state index < -0.39 is 0 Å². The molecule has 0 aromatic carbocycles. The summed E-state index contributed by atoms with van der Waals surface area (Å²) in [6.07, 6.45) is 10.3. The minimum absolute atomic E-state index is 0.644. The van der Waals surface area contributed by atoms with Gasteiger partial charge in [0.15, 0.2) is 0 Å². The van der Waals surface area contributed by atoms with Gasteiger partial charge in [-0.15, -0.1) is 0 Å². The first kappa shape index (κ1) is 13.0. The van der Waals surface area contributed by atoms with Crippen molar-refractivity contribution in [1.82, 2.24) is 5.32 Å². The Morgan fingerprint density at radius 2 is 1.80 bits per heavy atom. The van der Waals surface area contributed by atoms with Crippen molar-refractivity contribution in [2.75, 3.05) is 6.54 Å². The molecule has 1 aliphatic rings. The van der Waals surface area contributed by atoms with Gasteiger partial charge < -0.3 is 5.32 Å². The Hall–Kier alpha value is -0.0400. The molecule has 90 valence electrons. The van der Waals surface area contributed by atoms with Crippen LogP contribution in [-0.4, -0.2) is 12.6 Å². The van der Waals surface area contributed by atoms with Gasteiger partial charge in [-0.25, -0.2) is 0 Å². The van der Waals surface area contributed by atoms with Crippen LogP contribution in [0.5, 0.6) is 0 Å². The van der Waals surface area contributed by atoms with Crippen LogP contribution >= 0.6 is 0 Å². The zero-order valence-electron chi connectivity index (χ0n) is 10.9. The predicted molar refractivity (Wildman–Crippen MR) is 68.1 cm³/mol. The molecular formula is C14H29N. The molecule has 0 radical (unpaired) electrons. The molecule has 0 aromatic rings. The third kappa shape index (κ3) is 5.55. The van der Waals surface area contributed by atoms with Crippen molar-refractivity contribution < 1.29 is 0 Å². The quantitative estimate of drug-likeness (QED) is 0.700. The van der Waals surface area contributed by atoms with E-state index in [4.69, 9.17) is 0 Å². The monoisotopic (exact) mass is 211 g/mol. The van der Waals surface area contributed by atoms with E-state index in [0.717, 1.165) is 11.8 Å². The Morgan fingerprint density at radius 3 is 2.33 bits per heavy atom. The maximum atomic E-state index is 3.59. The summed E-state index contributed by atoms with van der Waals surface area (Å²) in [6, 6.07) is 0.644. The second kappa shape index (κ2) is 7.27. The van der Waals surface area contributed by atoms with E-state index >= 15 is 0 Å². The van der Waals surface area contributed by atoms with E-state index in [2.05, 4.69) is 26.1 Å². The summed E-state index contributed by atoms with van der Waals surface area (Å²) in [7, 11) is 0. The molecule has 1 heteroatoms. The number of hydrogen-bond donors (Lipinski definition) is 1. The van der Waals surface area contributed by atoms with Crippen molar-refractivity contribution in [3.8, 4) is 0 Å². The highest BCUT2D eigenvalue weighted by atomic mass is 14.9. The summed E-state index contributed by atoms with van der Waals surface area (Å²) < 4.78 is 0. The molecule has 1 rings (SSSR count). The lowest BCUT2D eigenvalue weighted by Crippen LogP contribution is -2.30. The van der Waals surface area contributed by atoms with Gasteiger partial charge >= 0.3 is 0 Å². The van der Waals surface area contributed by atoms with Crippen molar-refractivity contribution in [2.24, 2.45) is 11.8 Å². The maximum absolute atomic E-state index is 3.59. The Balaban J connectivity index is 2.19. The second-order valence-corrected chi connectivity index (χ2v) is 5.58. The van der Waals surface area contributed by atoms with Gasteiger partial charge in [-0.2, -0.15) is 0 Å². The molecule has 0 heterocycles. The van der Waals surface area contributed by atoms with Crippen LogP contribution < -0.4 is 5.32 Å². The fraction of sp³-hybridized carbons (Fsp3) is 1.00. The van der Waals surface area contributed by atoms with Gasteiger partial charge in [-0.05, 0) is 24.8 Å². The van der Waals surface area contributed by atoms with E-state index in [9.17, 15) is 0 Å². The molecule has 1 atom stereocenters. The van der Waals surface area contributed by atoms with E-state index in [-0.39, 0.29) is 0 Å². The zero-order valence-corrected chi connectivity index (χ0v) is 10.9. The van der Waals surface area contributed by atoms with Crippen molar-refractivity contribution in [1.29, 1.82) is 0 Å². The third-order valence-corrected chi connectivity index (χ3v) is 3.78. The number of hydrogen-bond acceptors (Lipinski definition) is 1. The number of rotatable bonds is 6. The molecule has 1 nitrogen and oxygen atoms in total. The molecule has 1 unspecified atom stereocenters. The van der Waals surface area contributed by atoms with Crippen LogP contribution in [-0.2, 0) is 0 Å².